The molecule has 1 aromatic carbocycles. The van der Waals surface area contributed by atoms with Crippen molar-refractivity contribution in [2.24, 2.45) is 7.05 Å². The topological polar surface area (TPSA) is 115 Å². The number of benzene rings is 1. The Bertz CT molecular complexity index is 1500. The maximum Gasteiger partial charge on any atom is 0.255 e. The highest BCUT2D eigenvalue weighted by Gasteiger charge is 2.39. The number of pyridine rings is 1. The lowest BCUT2D eigenvalue weighted by Crippen LogP contribution is -2.52. The normalized spacial score (nSPS) is 17.4. The molecule has 3 aromatic heterocycles. The second-order valence-corrected chi connectivity index (χ2v) is 9.11. The zero-order valence-corrected chi connectivity index (χ0v) is 19.6. The van der Waals surface area contributed by atoms with Gasteiger partial charge < -0.3 is 9.47 Å². The van der Waals surface area contributed by atoms with E-state index in [0.29, 0.717) is 25.1 Å². The van der Waals surface area contributed by atoms with Crippen molar-refractivity contribution < 1.29 is 14.4 Å². The zero-order valence-electron chi connectivity index (χ0n) is 19.6. The van der Waals surface area contributed by atoms with Crippen LogP contribution in [0.5, 0.6) is 0 Å². The Balaban J connectivity index is 1.28. The lowest BCUT2D eigenvalue weighted by Gasteiger charge is -2.29. The summed E-state index contributed by atoms with van der Waals surface area (Å²) < 4.78 is 3.82. The van der Waals surface area contributed by atoms with Crippen LogP contribution in [0.4, 0.5) is 0 Å². The van der Waals surface area contributed by atoms with Gasteiger partial charge in [0.2, 0.25) is 11.8 Å². The van der Waals surface area contributed by atoms with Crippen LogP contribution in [0.1, 0.15) is 34.3 Å². The molecule has 36 heavy (non-hydrogen) atoms. The summed E-state index contributed by atoms with van der Waals surface area (Å²) in [6, 6.07) is 8.92. The second-order valence-electron chi connectivity index (χ2n) is 9.11. The summed E-state index contributed by atoms with van der Waals surface area (Å²) in [6.07, 6.45) is 9.69. The van der Waals surface area contributed by atoms with Crippen LogP contribution >= 0.6 is 0 Å². The third-order valence-corrected chi connectivity index (χ3v) is 6.71. The summed E-state index contributed by atoms with van der Waals surface area (Å²) in [6.45, 7) is 0.928. The molecule has 5 heterocycles. The van der Waals surface area contributed by atoms with Gasteiger partial charge in [-0.05, 0) is 35.7 Å². The smallest absolute Gasteiger partial charge is 0.255 e. The zero-order chi connectivity index (χ0) is 24.8. The molecule has 0 aliphatic carbocycles. The van der Waals surface area contributed by atoms with Crippen LogP contribution in [-0.2, 0) is 29.7 Å². The number of fused-ring (bicyclic) bond motifs is 1. The van der Waals surface area contributed by atoms with Crippen molar-refractivity contribution in [2.75, 3.05) is 0 Å². The quantitative estimate of drug-likeness (QED) is 0.437. The summed E-state index contributed by atoms with van der Waals surface area (Å²) in [7, 11) is 1.94. The number of imidazole rings is 1. The number of amides is 3. The van der Waals surface area contributed by atoms with Gasteiger partial charge in [0.1, 0.15) is 6.04 Å². The minimum atomic E-state index is -0.637. The van der Waals surface area contributed by atoms with E-state index in [1.807, 2.05) is 59.2 Å². The molecule has 2 aliphatic heterocycles. The van der Waals surface area contributed by atoms with E-state index in [9.17, 15) is 14.4 Å². The minimum absolute atomic E-state index is 0.191. The Morgan fingerprint density at radius 1 is 1.11 bits per heavy atom. The second kappa shape index (κ2) is 8.56. The van der Waals surface area contributed by atoms with Crippen molar-refractivity contribution in [3.05, 3.63) is 78.1 Å². The lowest BCUT2D eigenvalue weighted by atomic mass is 10.0. The van der Waals surface area contributed by atoms with Gasteiger partial charge in [0.05, 0.1) is 30.5 Å². The molecule has 0 saturated carbocycles. The first kappa shape index (κ1) is 21.9. The van der Waals surface area contributed by atoms with Crippen molar-refractivity contribution >= 4 is 17.7 Å². The van der Waals surface area contributed by atoms with Gasteiger partial charge in [0.15, 0.2) is 0 Å². The average Bonchev–Trinajstić information content (AvgIpc) is 3.57. The maximum atomic E-state index is 13.0. The molecule has 6 rings (SSSR count). The van der Waals surface area contributed by atoms with E-state index in [0.717, 1.165) is 33.6 Å². The Kier molecular flexibility index (Phi) is 5.21. The van der Waals surface area contributed by atoms with Crippen LogP contribution < -0.4 is 5.32 Å². The molecular formula is C26H23N7O3. The Morgan fingerprint density at radius 2 is 2.00 bits per heavy atom. The molecule has 3 amide bonds. The van der Waals surface area contributed by atoms with Crippen molar-refractivity contribution in [3.8, 4) is 22.5 Å². The summed E-state index contributed by atoms with van der Waals surface area (Å²) in [5.74, 6) is -0.902. The molecule has 0 bridgehead atoms. The lowest BCUT2D eigenvalue weighted by molar-refractivity contribution is -0.136. The molecule has 1 N–H and O–H groups in total. The van der Waals surface area contributed by atoms with E-state index in [4.69, 9.17) is 0 Å². The minimum Gasteiger partial charge on any atom is -0.333 e. The fourth-order valence-corrected chi connectivity index (χ4v) is 4.95. The number of rotatable bonds is 5. The molecule has 0 radical (unpaired) electrons. The predicted octanol–water partition coefficient (Wildman–Crippen LogP) is 2.15. The first-order valence-electron chi connectivity index (χ1n) is 11.7. The highest BCUT2D eigenvalue weighted by molar-refractivity contribution is 6.05. The molecule has 1 saturated heterocycles. The Morgan fingerprint density at radius 3 is 2.81 bits per heavy atom. The molecule has 0 spiro atoms. The molecule has 1 atom stereocenters. The van der Waals surface area contributed by atoms with E-state index >= 15 is 0 Å². The third-order valence-electron chi connectivity index (χ3n) is 6.71. The summed E-state index contributed by atoms with van der Waals surface area (Å²) in [5, 5.41) is 6.86. The number of hydrogen-bond donors (Lipinski definition) is 1. The SMILES string of the molecule is Cn1cnc(-c2ccc3c(c2)CN(C2CCC(=O)NC2=O)C3=O)c1-c1cnn(Cc2cccnc2)c1. The van der Waals surface area contributed by atoms with E-state index in [1.54, 1.807) is 23.5 Å². The van der Waals surface area contributed by atoms with Crippen molar-refractivity contribution in [1.29, 1.82) is 0 Å². The van der Waals surface area contributed by atoms with E-state index in [1.165, 1.54) is 0 Å². The van der Waals surface area contributed by atoms with Gasteiger partial charge in [0, 0.05) is 55.3 Å². The number of carbonyl (C=O) groups is 3. The molecule has 180 valence electrons. The highest BCUT2D eigenvalue weighted by atomic mass is 16.2. The van der Waals surface area contributed by atoms with E-state index < -0.39 is 11.9 Å². The molecule has 2 aliphatic rings. The van der Waals surface area contributed by atoms with Crippen LogP contribution in [0.3, 0.4) is 0 Å². The fourth-order valence-electron chi connectivity index (χ4n) is 4.95. The van der Waals surface area contributed by atoms with Gasteiger partial charge in [-0.3, -0.25) is 29.4 Å². The highest BCUT2D eigenvalue weighted by Crippen LogP contribution is 2.35. The van der Waals surface area contributed by atoms with Gasteiger partial charge in [-0.25, -0.2) is 4.98 Å². The van der Waals surface area contributed by atoms with Crippen molar-refractivity contribution in [1.82, 2.24) is 34.5 Å². The van der Waals surface area contributed by atoms with Gasteiger partial charge in [-0.15, -0.1) is 0 Å². The van der Waals surface area contributed by atoms with Crippen LogP contribution in [0.2, 0.25) is 0 Å². The Hall–Kier alpha value is -4.60. The number of hydrogen-bond acceptors (Lipinski definition) is 6. The maximum absolute atomic E-state index is 13.0. The monoisotopic (exact) mass is 481 g/mol. The number of aryl methyl sites for hydroxylation is 1. The summed E-state index contributed by atoms with van der Waals surface area (Å²) >= 11 is 0. The number of piperidine rings is 1. The molecular weight excluding hydrogens is 458 g/mol. The number of aromatic nitrogens is 5. The fraction of sp³-hybridized carbons (Fsp3) is 0.231. The molecule has 1 fully saturated rings. The third kappa shape index (κ3) is 3.76. The average molecular weight is 482 g/mol. The largest absolute Gasteiger partial charge is 0.333 e. The molecule has 1 unspecified atom stereocenters. The van der Waals surface area contributed by atoms with Crippen LogP contribution in [0.15, 0.2) is 61.4 Å². The van der Waals surface area contributed by atoms with Crippen LogP contribution in [-0.4, -0.2) is 53.0 Å². The van der Waals surface area contributed by atoms with E-state index in [-0.39, 0.29) is 18.2 Å². The van der Waals surface area contributed by atoms with Gasteiger partial charge >= 0.3 is 0 Å². The summed E-state index contributed by atoms with van der Waals surface area (Å²) in [4.78, 5) is 47.3. The predicted molar refractivity (Wildman–Crippen MR) is 129 cm³/mol. The first-order chi connectivity index (χ1) is 17.5. The molecule has 4 aromatic rings. The molecule has 10 heteroatoms. The standard InChI is InChI=1S/C26H23N7O3/c1-31-15-28-23(24(31)19-11-29-32(13-19)12-16-3-2-8-27-10-16)17-4-5-20-18(9-17)14-33(26(20)36)21-6-7-22(34)30-25(21)35/h2-5,8-11,13,15,21H,6-7,12,14H2,1H3,(H,30,34,35). The van der Waals surface area contributed by atoms with Crippen molar-refractivity contribution in [2.45, 2.75) is 32.0 Å². The summed E-state index contributed by atoms with van der Waals surface area (Å²) in [5.41, 5.74) is 5.97. The molecule has 10 nitrogen and oxygen atoms in total. The number of nitrogens with one attached hydrogen (secondary N) is 1. The number of carbonyl (C=O) groups excluding carboxylic acids is 3. The number of nitrogens with zero attached hydrogens (tertiary/aromatic N) is 6. The van der Waals surface area contributed by atoms with Crippen molar-refractivity contribution in [3.63, 3.8) is 0 Å². The van der Waals surface area contributed by atoms with E-state index in [2.05, 4.69) is 20.4 Å². The first-order valence-corrected chi connectivity index (χ1v) is 11.7. The van der Waals surface area contributed by atoms with Crippen LogP contribution in [0, 0.1) is 0 Å². The van der Waals surface area contributed by atoms with Gasteiger partial charge in [-0.2, -0.15) is 5.10 Å². The Labute approximate surface area is 206 Å². The van der Waals surface area contributed by atoms with Gasteiger partial charge in [-0.1, -0.05) is 12.1 Å². The number of imide groups is 1. The van der Waals surface area contributed by atoms with Gasteiger partial charge in [0.25, 0.3) is 5.91 Å². The van der Waals surface area contributed by atoms with Crippen LogP contribution in [0.25, 0.3) is 22.5 Å².